The summed E-state index contributed by atoms with van der Waals surface area (Å²) in [6, 6.07) is 0. The largest absolute Gasteiger partial charge is 0.460 e. The molecule has 0 bridgehead atoms. The van der Waals surface area contributed by atoms with E-state index >= 15 is 0 Å². The number of ether oxygens (including phenoxy) is 1. The number of carbonyl (C=O) groups excluding carboxylic acids is 1. The lowest BCUT2D eigenvalue weighted by atomic mass is 9.88. The van der Waals surface area contributed by atoms with E-state index in [0.29, 0.717) is 0 Å². The van der Waals surface area contributed by atoms with Crippen LogP contribution in [0.2, 0.25) is 0 Å². The van der Waals surface area contributed by atoms with Gasteiger partial charge in [-0.25, -0.2) is 9.18 Å². The van der Waals surface area contributed by atoms with E-state index in [-0.39, 0.29) is 5.57 Å². The molecule has 1 atom stereocenters. The van der Waals surface area contributed by atoms with Gasteiger partial charge in [0.25, 0.3) is 0 Å². The number of halogens is 11. The van der Waals surface area contributed by atoms with Gasteiger partial charge in [0.1, 0.15) is 6.61 Å². The van der Waals surface area contributed by atoms with Gasteiger partial charge in [-0.1, -0.05) is 6.58 Å². The predicted octanol–water partition coefficient (Wildman–Crippen LogP) is 3.96. The van der Waals surface area contributed by atoms with Crippen molar-refractivity contribution in [2.24, 2.45) is 0 Å². The van der Waals surface area contributed by atoms with Crippen LogP contribution in [0.5, 0.6) is 0 Å². The average Bonchev–Trinajstić information content (AvgIpc) is 2.40. The molecule has 0 rings (SSSR count). The molecule has 0 amide bonds. The van der Waals surface area contributed by atoms with Gasteiger partial charge in [-0.15, -0.1) is 0 Å². The van der Waals surface area contributed by atoms with Crippen molar-refractivity contribution in [2.45, 2.75) is 49.3 Å². The maximum Gasteiger partial charge on any atom is 0.438 e. The van der Waals surface area contributed by atoms with Crippen molar-refractivity contribution in [1.82, 2.24) is 0 Å². The number of carbonyl (C=O) groups is 1. The minimum atomic E-state index is -7.59. The van der Waals surface area contributed by atoms with Gasteiger partial charge in [-0.05, 0) is 6.92 Å². The van der Waals surface area contributed by atoms with E-state index in [1.165, 1.54) is 0 Å². The molecule has 0 aromatic heterocycles. The van der Waals surface area contributed by atoms with Crippen LogP contribution in [0.1, 0.15) is 13.3 Å². The fraction of sp³-hybridized carbons (Fsp3) is 0.750. The fourth-order valence-corrected chi connectivity index (χ4v) is 1.55. The van der Waals surface area contributed by atoms with Crippen molar-refractivity contribution >= 4 is 5.97 Å². The first-order chi connectivity index (χ1) is 11.2. The molecule has 14 heteroatoms. The number of hydrogen-bond acceptors (Lipinski definition) is 3. The highest BCUT2D eigenvalue weighted by Gasteiger charge is 2.89. The maximum atomic E-state index is 13.4. The van der Waals surface area contributed by atoms with E-state index in [1.54, 1.807) is 0 Å². The van der Waals surface area contributed by atoms with Gasteiger partial charge in [-0.3, -0.25) is 0 Å². The Morgan fingerprint density at radius 1 is 0.962 bits per heavy atom. The highest BCUT2D eigenvalue weighted by atomic mass is 19.4. The van der Waals surface area contributed by atoms with Crippen molar-refractivity contribution < 1.29 is 62.9 Å². The van der Waals surface area contributed by atoms with Crippen LogP contribution in [0.3, 0.4) is 0 Å². The van der Waals surface area contributed by atoms with Crippen LogP contribution in [0, 0.1) is 0 Å². The molecule has 0 saturated carbocycles. The Kier molecular flexibility index (Phi) is 6.75. The fourth-order valence-electron chi connectivity index (χ4n) is 1.55. The minimum Gasteiger partial charge on any atom is -0.460 e. The quantitative estimate of drug-likeness (QED) is 0.391. The number of rotatable bonds is 7. The third kappa shape index (κ3) is 4.38. The van der Waals surface area contributed by atoms with Crippen LogP contribution in [-0.2, 0) is 9.53 Å². The molecule has 0 aromatic carbocycles. The zero-order chi connectivity index (χ0) is 21.4. The zero-order valence-electron chi connectivity index (χ0n) is 12.6. The van der Waals surface area contributed by atoms with Crippen molar-refractivity contribution in [3.05, 3.63) is 12.2 Å². The van der Waals surface area contributed by atoms with Gasteiger partial charge >= 0.3 is 35.8 Å². The van der Waals surface area contributed by atoms with Gasteiger partial charge in [0.2, 0.25) is 0 Å². The number of aliphatic hydroxyl groups excluding tert-OH is 1. The van der Waals surface area contributed by atoms with Crippen LogP contribution < -0.4 is 0 Å². The lowest BCUT2D eigenvalue weighted by Crippen LogP contribution is -2.70. The molecular formula is C12H11F11O3. The van der Waals surface area contributed by atoms with Crippen molar-refractivity contribution in [1.29, 1.82) is 0 Å². The Labute approximate surface area is 138 Å². The van der Waals surface area contributed by atoms with E-state index in [2.05, 4.69) is 11.3 Å². The number of esters is 1. The second-order valence-electron chi connectivity index (χ2n) is 5.17. The molecule has 0 aliphatic heterocycles. The summed E-state index contributed by atoms with van der Waals surface area (Å²) < 4.78 is 144. The summed E-state index contributed by atoms with van der Waals surface area (Å²) in [7, 11) is 0. The minimum absolute atomic E-state index is 0.341. The second-order valence-corrected chi connectivity index (χ2v) is 5.17. The zero-order valence-corrected chi connectivity index (χ0v) is 12.6. The first-order valence-electron chi connectivity index (χ1n) is 6.31. The third-order valence-electron chi connectivity index (χ3n) is 2.92. The molecule has 3 nitrogen and oxygen atoms in total. The maximum absolute atomic E-state index is 13.4. The molecule has 154 valence electrons. The van der Waals surface area contributed by atoms with Gasteiger partial charge in [0, 0.05) is 12.0 Å². The first-order valence-corrected chi connectivity index (χ1v) is 6.31. The summed E-state index contributed by atoms with van der Waals surface area (Å²) in [5, 5.41) is 9.04. The molecule has 0 saturated heterocycles. The second kappa shape index (κ2) is 7.19. The Balaban J connectivity index is 5.65. The number of aliphatic hydroxyl groups is 1. The molecule has 26 heavy (non-hydrogen) atoms. The van der Waals surface area contributed by atoms with Gasteiger partial charge in [-0.2, -0.15) is 43.9 Å². The van der Waals surface area contributed by atoms with Crippen molar-refractivity contribution in [2.75, 3.05) is 6.61 Å². The van der Waals surface area contributed by atoms with Crippen LogP contribution in [0.15, 0.2) is 12.2 Å². The molecule has 0 aliphatic carbocycles. The average molecular weight is 412 g/mol. The third-order valence-corrected chi connectivity index (χ3v) is 2.92. The van der Waals surface area contributed by atoms with Gasteiger partial charge < -0.3 is 9.84 Å². The summed E-state index contributed by atoms with van der Waals surface area (Å²) >= 11 is 0. The predicted molar refractivity (Wildman–Crippen MR) is 62.2 cm³/mol. The topological polar surface area (TPSA) is 46.5 Å². The van der Waals surface area contributed by atoms with E-state index in [4.69, 9.17) is 5.11 Å². The summed E-state index contributed by atoms with van der Waals surface area (Å²) in [6.07, 6.45) is -20.5. The molecule has 0 aromatic rings. The first kappa shape index (κ1) is 24.4. The van der Waals surface area contributed by atoms with E-state index in [9.17, 15) is 53.1 Å². The Morgan fingerprint density at radius 3 is 1.65 bits per heavy atom. The van der Waals surface area contributed by atoms with Crippen LogP contribution >= 0.6 is 0 Å². The summed E-state index contributed by atoms with van der Waals surface area (Å²) in [4.78, 5) is 10.9. The lowest BCUT2D eigenvalue weighted by molar-refractivity contribution is -0.428. The van der Waals surface area contributed by atoms with E-state index in [1.807, 2.05) is 0 Å². The molecule has 0 spiro atoms. The van der Waals surface area contributed by atoms with Crippen LogP contribution in [0.4, 0.5) is 48.3 Å². The SMILES string of the molecule is C=C(C)C(=O)OC[C@@H](O)CC(F)(F)C(F)(F)C(F)(C(F)(F)F)C(F)(F)F. The molecule has 0 heterocycles. The molecule has 0 radical (unpaired) electrons. The van der Waals surface area contributed by atoms with Gasteiger partial charge in [0.05, 0.1) is 6.10 Å². The van der Waals surface area contributed by atoms with Crippen LogP contribution in [0.25, 0.3) is 0 Å². The molecule has 0 aliphatic rings. The molecular weight excluding hydrogens is 401 g/mol. The molecule has 1 N–H and O–H groups in total. The highest BCUT2D eigenvalue weighted by Crippen LogP contribution is 2.59. The van der Waals surface area contributed by atoms with Gasteiger partial charge in [0.15, 0.2) is 0 Å². The monoisotopic (exact) mass is 412 g/mol. The van der Waals surface area contributed by atoms with E-state index < -0.39 is 55.0 Å². The number of alkyl halides is 11. The Morgan fingerprint density at radius 2 is 1.35 bits per heavy atom. The number of hydrogen-bond donors (Lipinski definition) is 1. The normalized spacial score (nSPS) is 15.6. The molecule has 0 unspecified atom stereocenters. The van der Waals surface area contributed by atoms with Crippen molar-refractivity contribution in [3.63, 3.8) is 0 Å². The highest BCUT2D eigenvalue weighted by molar-refractivity contribution is 5.86. The standard InChI is InChI=1S/C12H11F11O3/c1-5(2)7(25)26-4-6(24)3-8(13,14)10(16,17)9(15,11(18,19)20)12(21,22)23/h6,24H,1,3-4H2,2H3/t6-/m0/s1. The summed E-state index contributed by atoms with van der Waals surface area (Å²) in [5.74, 6) is -15.0. The summed E-state index contributed by atoms with van der Waals surface area (Å²) in [6.45, 7) is 2.56. The lowest BCUT2D eigenvalue weighted by Gasteiger charge is -2.40. The van der Waals surface area contributed by atoms with Crippen LogP contribution in [-0.4, -0.2) is 53.7 Å². The Bertz CT molecular complexity index is 522. The smallest absolute Gasteiger partial charge is 0.438 e. The van der Waals surface area contributed by atoms with E-state index in [0.717, 1.165) is 6.92 Å². The summed E-state index contributed by atoms with van der Waals surface area (Å²) in [5.41, 5.74) is -7.93. The van der Waals surface area contributed by atoms with Crippen molar-refractivity contribution in [3.8, 4) is 0 Å². The molecule has 0 fully saturated rings. The Hall–Kier alpha value is -1.60.